The van der Waals surface area contributed by atoms with Crippen molar-refractivity contribution < 1.29 is 4.79 Å². The molecule has 100 valence electrons. The van der Waals surface area contributed by atoms with Crippen molar-refractivity contribution in [1.82, 2.24) is 25.3 Å². The molecule has 1 aromatic rings. The summed E-state index contributed by atoms with van der Waals surface area (Å²) in [5, 5.41) is 10.3. The van der Waals surface area contributed by atoms with E-state index in [2.05, 4.69) is 20.6 Å². The van der Waals surface area contributed by atoms with Crippen LogP contribution in [-0.2, 0) is 6.54 Å². The molecule has 1 aromatic heterocycles. The van der Waals surface area contributed by atoms with Gasteiger partial charge in [-0.15, -0.1) is 0 Å². The van der Waals surface area contributed by atoms with E-state index in [1.807, 2.05) is 6.92 Å². The van der Waals surface area contributed by atoms with E-state index in [-0.39, 0.29) is 5.91 Å². The molecule has 0 aromatic carbocycles. The number of carbonyl (C=O) groups is 1. The molecule has 6 nitrogen and oxygen atoms in total. The summed E-state index contributed by atoms with van der Waals surface area (Å²) in [4.78, 5) is 14.2. The van der Waals surface area contributed by atoms with Crippen molar-refractivity contribution in [3.05, 3.63) is 18.0 Å². The van der Waals surface area contributed by atoms with E-state index in [1.54, 1.807) is 17.1 Å². The molecule has 1 aliphatic rings. The minimum absolute atomic E-state index is 0.0372. The van der Waals surface area contributed by atoms with Gasteiger partial charge in [0.25, 0.3) is 5.91 Å². The third kappa shape index (κ3) is 3.54. The van der Waals surface area contributed by atoms with Gasteiger partial charge < -0.3 is 10.6 Å². The molecule has 0 radical (unpaired) electrons. The fraction of sp³-hybridized carbons (Fsp3) is 0.667. The highest BCUT2D eigenvalue weighted by molar-refractivity contribution is 5.93. The summed E-state index contributed by atoms with van der Waals surface area (Å²) in [5.74, 6) is -0.0372. The van der Waals surface area contributed by atoms with Gasteiger partial charge in [-0.2, -0.15) is 5.10 Å². The topological polar surface area (TPSA) is 62.2 Å². The number of hydrogen-bond acceptors (Lipinski definition) is 4. The maximum Gasteiger partial charge on any atom is 0.254 e. The first kappa shape index (κ1) is 13.0. The number of carbonyl (C=O) groups excluding carboxylic acids is 1. The van der Waals surface area contributed by atoms with Crippen LogP contribution in [0.5, 0.6) is 0 Å². The molecule has 0 unspecified atom stereocenters. The van der Waals surface area contributed by atoms with Gasteiger partial charge >= 0.3 is 0 Å². The third-order valence-corrected chi connectivity index (χ3v) is 3.14. The number of amides is 1. The molecule has 1 saturated heterocycles. The average molecular weight is 251 g/mol. The number of piperazine rings is 1. The second kappa shape index (κ2) is 6.51. The van der Waals surface area contributed by atoms with Crippen LogP contribution in [0.1, 0.15) is 17.3 Å². The first-order valence-electron chi connectivity index (χ1n) is 6.53. The van der Waals surface area contributed by atoms with Crippen LogP contribution < -0.4 is 10.6 Å². The zero-order chi connectivity index (χ0) is 12.8. The minimum atomic E-state index is -0.0372. The van der Waals surface area contributed by atoms with E-state index in [0.717, 1.165) is 39.3 Å². The Morgan fingerprint density at radius 2 is 2.28 bits per heavy atom. The molecule has 0 bridgehead atoms. The van der Waals surface area contributed by atoms with Crippen LogP contribution in [0.3, 0.4) is 0 Å². The smallest absolute Gasteiger partial charge is 0.254 e. The van der Waals surface area contributed by atoms with Crippen LogP contribution >= 0.6 is 0 Å². The molecule has 2 N–H and O–H groups in total. The second-order valence-corrected chi connectivity index (χ2v) is 4.43. The summed E-state index contributed by atoms with van der Waals surface area (Å²) < 4.78 is 1.76. The Balaban J connectivity index is 1.70. The molecule has 1 aliphatic heterocycles. The van der Waals surface area contributed by atoms with E-state index in [9.17, 15) is 4.79 Å². The van der Waals surface area contributed by atoms with Gasteiger partial charge in [0, 0.05) is 52.0 Å². The van der Waals surface area contributed by atoms with Crippen LogP contribution in [0.4, 0.5) is 0 Å². The monoisotopic (exact) mass is 251 g/mol. The van der Waals surface area contributed by atoms with E-state index in [4.69, 9.17) is 0 Å². The maximum atomic E-state index is 11.8. The Morgan fingerprint density at radius 1 is 1.50 bits per heavy atom. The van der Waals surface area contributed by atoms with Crippen LogP contribution in [0, 0.1) is 0 Å². The van der Waals surface area contributed by atoms with Gasteiger partial charge in [-0.25, -0.2) is 0 Å². The fourth-order valence-electron chi connectivity index (χ4n) is 2.02. The van der Waals surface area contributed by atoms with E-state index in [1.165, 1.54) is 0 Å². The van der Waals surface area contributed by atoms with Gasteiger partial charge in [-0.1, -0.05) is 0 Å². The first-order chi connectivity index (χ1) is 8.79. The van der Waals surface area contributed by atoms with Crippen molar-refractivity contribution in [2.24, 2.45) is 0 Å². The summed E-state index contributed by atoms with van der Waals surface area (Å²) in [7, 11) is 0. The van der Waals surface area contributed by atoms with Crippen molar-refractivity contribution in [2.45, 2.75) is 13.5 Å². The highest BCUT2D eigenvalue weighted by Crippen LogP contribution is 1.97. The molecule has 6 heteroatoms. The predicted molar refractivity (Wildman–Crippen MR) is 69.5 cm³/mol. The molecule has 0 aliphatic carbocycles. The van der Waals surface area contributed by atoms with Gasteiger partial charge in [0.05, 0.1) is 11.8 Å². The molecule has 18 heavy (non-hydrogen) atoms. The Hall–Kier alpha value is -1.40. The summed E-state index contributed by atoms with van der Waals surface area (Å²) >= 11 is 0. The van der Waals surface area contributed by atoms with E-state index >= 15 is 0 Å². The number of hydrogen-bond donors (Lipinski definition) is 2. The lowest BCUT2D eigenvalue weighted by molar-refractivity contribution is 0.0947. The lowest BCUT2D eigenvalue weighted by Gasteiger charge is -2.26. The van der Waals surface area contributed by atoms with Crippen molar-refractivity contribution in [3.8, 4) is 0 Å². The largest absolute Gasteiger partial charge is 0.351 e. The fourth-order valence-corrected chi connectivity index (χ4v) is 2.02. The number of nitrogens with one attached hydrogen (secondary N) is 2. The number of nitrogens with zero attached hydrogens (tertiary/aromatic N) is 3. The normalized spacial score (nSPS) is 16.7. The molecule has 2 rings (SSSR count). The lowest BCUT2D eigenvalue weighted by atomic mass is 10.3. The van der Waals surface area contributed by atoms with Gasteiger partial charge in [-0.3, -0.25) is 14.4 Å². The summed E-state index contributed by atoms with van der Waals surface area (Å²) in [6.45, 7) is 8.58. The van der Waals surface area contributed by atoms with Gasteiger partial charge in [0.15, 0.2) is 0 Å². The Kier molecular flexibility index (Phi) is 4.72. The van der Waals surface area contributed by atoms with Crippen molar-refractivity contribution in [2.75, 3.05) is 39.3 Å². The zero-order valence-electron chi connectivity index (χ0n) is 10.9. The summed E-state index contributed by atoms with van der Waals surface area (Å²) in [6, 6.07) is 0. The van der Waals surface area contributed by atoms with Crippen LogP contribution in [0.25, 0.3) is 0 Å². The standard InChI is InChI=1S/C12H21N5O/c1-2-17-10-11(9-15-17)12(18)14-5-8-16-6-3-13-4-7-16/h9-10,13H,2-8H2,1H3,(H,14,18). The molecule has 1 amide bonds. The van der Waals surface area contributed by atoms with Crippen LogP contribution in [0.15, 0.2) is 12.4 Å². The van der Waals surface area contributed by atoms with E-state index < -0.39 is 0 Å². The highest BCUT2D eigenvalue weighted by atomic mass is 16.1. The minimum Gasteiger partial charge on any atom is -0.351 e. The average Bonchev–Trinajstić information content (AvgIpc) is 2.89. The molecule has 0 saturated carbocycles. The summed E-state index contributed by atoms with van der Waals surface area (Å²) in [5.41, 5.74) is 0.636. The SMILES string of the molecule is CCn1cc(C(=O)NCCN2CCNCC2)cn1. The highest BCUT2D eigenvalue weighted by Gasteiger charge is 2.11. The Bertz CT molecular complexity index is 384. The molecule has 0 spiro atoms. The molecule has 1 fully saturated rings. The van der Waals surface area contributed by atoms with Crippen molar-refractivity contribution in [3.63, 3.8) is 0 Å². The Morgan fingerprint density at radius 3 is 2.94 bits per heavy atom. The van der Waals surface area contributed by atoms with Crippen LogP contribution in [0.2, 0.25) is 0 Å². The van der Waals surface area contributed by atoms with Gasteiger partial charge in [-0.05, 0) is 6.92 Å². The van der Waals surface area contributed by atoms with Crippen LogP contribution in [-0.4, -0.2) is 59.9 Å². The quantitative estimate of drug-likeness (QED) is 0.743. The van der Waals surface area contributed by atoms with Gasteiger partial charge in [0.1, 0.15) is 0 Å². The maximum absolute atomic E-state index is 11.8. The predicted octanol–water partition coefficient (Wildman–Crippen LogP) is -0.462. The molecular formula is C12H21N5O. The van der Waals surface area contributed by atoms with Crippen molar-refractivity contribution in [1.29, 1.82) is 0 Å². The third-order valence-electron chi connectivity index (χ3n) is 3.14. The first-order valence-corrected chi connectivity index (χ1v) is 6.53. The number of rotatable bonds is 5. The van der Waals surface area contributed by atoms with Crippen molar-refractivity contribution >= 4 is 5.91 Å². The number of aryl methyl sites for hydroxylation is 1. The Labute approximate surface area is 107 Å². The van der Waals surface area contributed by atoms with Gasteiger partial charge in [0.2, 0.25) is 0 Å². The number of aromatic nitrogens is 2. The molecule has 0 atom stereocenters. The van der Waals surface area contributed by atoms with E-state index in [0.29, 0.717) is 12.1 Å². The molecule has 2 heterocycles. The molecular weight excluding hydrogens is 230 g/mol. The zero-order valence-corrected chi connectivity index (χ0v) is 10.9. The second-order valence-electron chi connectivity index (χ2n) is 4.43. The lowest BCUT2D eigenvalue weighted by Crippen LogP contribution is -2.46. The summed E-state index contributed by atoms with van der Waals surface area (Å²) in [6.07, 6.45) is 3.39.